The zero-order valence-electron chi connectivity index (χ0n) is 20.4. The third kappa shape index (κ3) is 6.14. The Labute approximate surface area is 214 Å². The number of hydrogen-bond acceptors (Lipinski definition) is 6. The van der Waals surface area contributed by atoms with Crippen molar-refractivity contribution in [1.82, 2.24) is 9.97 Å². The zero-order valence-corrected chi connectivity index (χ0v) is 20.4. The fraction of sp³-hybridized carbons (Fsp3) is 0.172. The first-order chi connectivity index (χ1) is 17.9. The van der Waals surface area contributed by atoms with E-state index in [9.17, 15) is 18.8 Å². The smallest absolute Gasteiger partial charge is 0.167 e. The SMILES string of the molecule is CNc1ncc(-c2ccc(CNc3ncc(C#N)cc3C(=O)C[C@@H](C)c3ccc(F)cc3)cc2)cc1F. The summed E-state index contributed by atoms with van der Waals surface area (Å²) in [5, 5.41) is 15.2. The Hall–Kier alpha value is -4.64. The number of ketones is 1. The number of nitrogens with zero attached hydrogens (tertiary/aromatic N) is 3. The second-order valence-corrected chi connectivity index (χ2v) is 8.67. The highest BCUT2D eigenvalue weighted by Crippen LogP contribution is 2.26. The van der Waals surface area contributed by atoms with Crippen molar-refractivity contribution in [2.75, 3.05) is 17.7 Å². The number of carbonyl (C=O) groups excluding carboxylic acids is 1. The second kappa shape index (κ2) is 11.4. The second-order valence-electron chi connectivity index (χ2n) is 8.67. The third-order valence-corrected chi connectivity index (χ3v) is 6.07. The van der Waals surface area contributed by atoms with E-state index in [1.807, 2.05) is 37.3 Å². The van der Waals surface area contributed by atoms with Crippen molar-refractivity contribution >= 4 is 17.4 Å². The number of nitriles is 1. The van der Waals surface area contributed by atoms with Crippen LogP contribution in [0.2, 0.25) is 0 Å². The minimum absolute atomic E-state index is 0.138. The van der Waals surface area contributed by atoms with Crippen LogP contribution in [0, 0.1) is 23.0 Å². The van der Waals surface area contributed by atoms with Gasteiger partial charge in [0.05, 0.1) is 11.1 Å². The molecule has 0 fully saturated rings. The predicted molar refractivity (Wildman–Crippen MR) is 139 cm³/mol. The fourth-order valence-corrected chi connectivity index (χ4v) is 3.96. The molecule has 0 saturated carbocycles. The Balaban J connectivity index is 1.48. The largest absolute Gasteiger partial charge is 0.371 e. The topological polar surface area (TPSA) is 90.7 Å². The highest BCUT2D eigenvalue weighted by atomic mass is 19.1. The van der Waals surface area contributed by atoms with Crippen molar-refractivity contribution in [3.8, 4) is 17.2 Å². The number of benzene rings is 2. The quantitative estimate of drug-likeness (QED) is 0.263. The van der Waals surface area contributed by atoms with Crippen LogP contribution < -0.4 is 10.6 Å². The van der Waals surface area contributed by atoms with E-state index in [2.05, 4.69) is 20.6 Å². The van der Waals surface area contributed by atoms with Crippen molar-refractivity contribution in [3.05, 3.63) is 107 Å². The van der Waals surface area contributed by atoms with Crippen LogP contribution in [0.5, 0.6) is 0 Å². The lowest BCUT2D eigenvalue weighted by atomic mass is 9.93. The summed E-state index contributed by atoms with van der Waals surface area (Å²) in [6.45, 7) is 2.29. The van der Waals surface area contributed by atoms with Crippen LogP contribution in [0.1, 0.15) is 46.3 Å². The fourth-order valence-electron chi connectivity index (χ4n) is 3.96. The van der Waals surface area contributed by atoms with Gasteiger partial charge in [-0.1, -0.05) is 43.3 Å². The summed E-state index contributed by atoms with van der Waals surface area (Å²) in [6, 6.07) is 18.6. The maximum atomic E-state index is 14.1. The van der Waals surface area contributed by atoms with Crippen LogP contribution in [-0.2, 0) is 6.54 Å². The highest BCUT2D eigenvalue weighted by molar-refractivity contribution is 6.01. The van der Waals surface area contributed by atoms with Gasteiger partial charge in [0, 0.05) is 38.0 Å². The molecule has 4 aromatic rings. The maximum Gasteiger partial charge on any atom is 0.167 e. The van der Waals surface area contributed by atoms with E-state index in [1.54, 1.807) is 25.4 Å². The lowest BCUT2D eigenvalue weighted by Crippen LogP contribution is -2.11. The van der Waals surface area contributed by atoms with Crippen molar-refractivity contribution in [2.45, 2.75) is 25.8 Å². The van der Waals surface area contributed by atoms with E-state index >= 15 is 0 Å². The van der Waals surface area contributed by atoms with Gasteiger partial charge in [-0.15, -0.1) is 0 Å². The lowest BCUT2D eigenvalue weighted by Gasteiger charge is -2.14. The van der Waals surface area contributed by atoms with E-state index < -0.39 is 5.82 Å². The normalized spacial score (nSPS) is 11.4. The van der Waals surface area contributed by atoms with Gasteiger partial charge in [0.1, 0.15) is 17.7 Å². The monoisotopic (exact) mass is 497 g/mol. The van der Waals surface area contributed by atoms with Gasteiger partial charge >= 0.3 is 0 Å². The molecule has 1 atom stereocenters. The Morgan fingerprint density at radius 2 is 1.68 bits per heavy atom. The van der Waals surface area contributed by atoms with Crippen LogP contribution in [0.25, 0.3) is 11.1 Å². The molecule has 8 heteroatoms. The lowest BCUT2D eigenvalue weighted by molar-refractivity contribution is 0.0976. The van der Waals surface area contributed by atoms with Gasteiger partial charge in [-0.05, 0) is 46.9 Å². The molecular weight excluding hydrogens is 472 g/mol. The molecule has 0 aliphatic heterocycles. The molecule has 2 aromatic carbocycles. The molecule has 186 valence electrons. The van der Waals surface area contributed by atoms with Crippen LogP contribution in [0.4, 0.5) is 20.4 Å². The summed E-state index contributed by atoms with van der Waals surface area (Å²) in [5.74, 6) is -0.489. The molecule has 2 N–H and O–H groups in total. The van der Waals surface area contributed by atoms with Crippen LogP contribution in [-0.4, -0.2) is 22.8 Å². The highest BCUT2D eigenvalue weighted by Gasteiger charge is 2.18. The molecule has 37 heavy (non-hydrogen) atoms. The molecule has 4 rings (SSSR count). The standard InChI is InChI=1S/C29H25F2N5O/c1-18(21-7-9-24(30)10-8-21)11-27(37)25-12-20(14-32)16-35-28(25)34-15-19-3-5-22(6-4-19)23-13-26(31)29(33-2)36-17-23/h3-10,12-13,16-18H,11,15H2,1-2H3,(H,33,36)(H,34,35)/t18-/m1/s1. The molecular formula is C29H25F2N5O. The number of pyridine rings is 2. The first-order valence-corrected chi connectivity index (χ1v) is 11.7. The molecule has 2 heterocycles. The average molecular weight is 498 g/mol. The number of rotatable bonds is 9. The van der Waals surface area contributed by atoms with Gasteiger partial charge in [0.25, 0.3) is 0 Å². The van der Waals surface area contributed by atoms with Crippen molar-refractivity contribution < 1.29 is 13.6 Å². The van der Waals surface area contributed by atoms with Gasteiger partial charge in [0.2, 0.25) is 0 Å². The van der Waals surface area contributed by atoms with Gasteiger partial charge < -0.3 is 10.6 Å². The summed E-state index contributed by atoms with van der Waals surface area (Å²) in [5.41, 5.74) is 3.87. The Morgan fingerprint density at radius 3 is 2.32 bits per heavy atom. The van der Waals surface area contributed by atoms with Gasteiger partial charge in [-0.3, -0.25) is 4.79 Å². The van der Waals surface area contributed by atoms with Crippen molar-refractivity contribution in [1.29, 1.82) is 5.26 Å². The molecule has 0 amide bonds. The predicted octanol–water partition coefficient (Wildman–Crippen LogP) is 6.32. The third-order valence-electron chi connectivity index (χ3n) is 6.07. The molecule has 2 aromatic heterocycles. The number of carbonyl (C=O) groups is 1. The molecule has 0 bridgehead atoms. The van der Waals surface area contributed by atoms with Gasteiger partial charge in [0.15, 0.2) is 17.4 Å². The van der Waals surface area contributed by atoms with Crippen molar-refractivity contribution in [3.63, 3.8) is 0 Å². The molecule has 0 radical (unpaired) electrons. The van der Waals surface area contributed by atoms with Gasteiger partial charge in [-0.2, -0.15) is 5.26 Å². The molecule has 6 nitrogen and oxygen atoms in total. The molecule has 0 saturated heterocycles. The number of hydrogen-bond donors (Lipinski definition) is 2. The van der Waals surface area contributed by atoms with Crippen LogP contribution in [0.3, 0.4) is 0 Å². The van der Waals surface area contributed by atoms with Gasteiger partial charge in [-0.25, -0.2) is 18.7 Å². The summed E-state index contributed by atoms with van der Waals surface area (Å²) in [7, 11) is 1.61. The van der Waals surface area contributed by atoms with E-state index in [0.29, 0.717) is 23.5 Å². The minimum atomic E-state index is -0.427. The summed E-state index contributed by atoms with van der Waals surface area (Å²) < 4.78 is 27.3. The summed E-state index contributed by atoms with van der Waals surface area (Å²) in [4.78, 5) is 21.6. The van der Waals surface area contributed by atoms with Crippen molar-refractivity contribution in [2.24, 2.45) is 0 Å². The minimum Gasteiger partial charge on any atom is -0.371 e. The van der Waals surface area contributed by atoms with E-state index in [0.717, 1.165) is 16.7 Å². The maximum absolute atomic E-state index is 14.1. The average Bonchev–Trinajstić information content (AvgIpc) is 2.92. The molecule has 0 aliphatic carbocycles. The number of halogens is 2. The number of Topliss-reactive ketones (excluding diaryl/α,β-unsaturated/α-hetero) is 1. The molecule has 0 spiro atoms. The Bertz CT molecular complexity index is 1450. The van der Waals surface area contributed by atoms with E-state index in [1.165, 1.54) is 30.5 Å². The van der Waals surface area contributed by atoms with Crippen LogP contribution >= 0.6 is 0 Å². The summed E-state index contributed by atoms with van der Waals surface area (Å²) in [6.07, 6.45) is 3.21. The van der Waals surface area contributed by atoms with Crippen LogP contribution in [0.15, 0.2) is 73.1 Å². The molecule has 0 aliphatic rings. The number of nitrogens with one attached hydrogen (secondary N) is 2. The molecule has 0 unspecified atom stereocenters. The Kier molecular flexibility index (Phi) is 7.84. The van der Waals surface area contributed by atoms with E-state index in [4.69, 9.17) is 0 Å². The summed E-state index contributed by atoms with van der Waals surface area (Å²) >= 11 is 0. The Morgan fingerprint density at radius 1 is 0.973 bits per heavy atom. The first kappa shape index (κ1) is 25.5. The first-order valence-electron chi connectivity index (χ1n) is 11.7. The zero-order chi connectivity index (χ0) is 26.4. The van der Waals surface area contributed by atoms with E-state index in [-0.39, 0.29) is 35.3 Å². The number of aromatic nitrogens is 2. The number of anilines is 2.